The number of ether oxygens (including phenoxy) is 1. The molecule has 1 atom stereocenters. The number of nitrogen functional groups attached to an aromatic ring is 1. The van der Waals surface area contributed by atoms with Crippen LogP contribution in [-0.2, 0) is 0 Å². The van der Waals surface area contributed by atoms with E-state index in [9.17, 15) is 0 Å². The van der Waals surface area contributed by atoms with Crippen molar-refractivity contribution < 1.29 is 9.26 Å². The third-order valence-electron chi connectivity index (χ3n) is 3.07. The van der Waals surface area contributed by atoms with Gasteiger partial charge in [0.1, 0.15) is 17.8 Å². The molecule has 2 rings (SSSR count). The molecule has 3 N–H and O–H groups in total. The van der Waals surface area contributed by atoms with Gasteiger partial charge in [0.05, 0.1) is 17.8 Å². The van der Waals surface area contributed by atoms with Gasteiger partial charge in [0.2, 0.25) is 5.88 Å². The summed E-state index contributed by atoms with van der Waals surface area (Å²) in [6.07, 6.45) is 1.42. The monoisotopic (exact) mass is 291 g/mol. The highest BCUT2D eigenvalue weighted by atomic mass is 16.5. The Hall–Kier alpha value is -2.31. The van der Waals surface area contributed by atoms with Gasteiger partial charge in [-0.05, 0) is 34.6 Å². The van der Waals surface area contributed by atoms with Crippen LogP contribution in [0.1, 0.15) is 43.8 Å². The van der Waals surface area contributed by atoms with E-state index in [0.29, 0.717) is 17.4 Å². The maximum atomic E-state index is 6.06. The van der Waals surface area contributed by atoms with Gasteiger partial charge in [-0.25, -0.2) is 4.98 Å². The van der Waals surface area contributed by atoms with Crippen molar-refractivity contribution in [3.05, 3.63) is 23.3 Å². The average molecular weight is 291 g/mol. The molecular formula is C14H21N5O2. The van der Waals surface area contributed by atoms with Crippen molar-refractivity contribution in [1.29, 1.82) is 0 Å². The quantitative estimate of drug-likeness (QED) is 0.873. The van der Waals surface area contributed by atoms with Gasteiger partial charge in [0.15, 0.2) is 5.82 Å². The normalized spacial score (nSPS) is 12.5. The smallest absolute Gasteiger partial charge is 0.242 e. The highest BCUT2D eigenvalue weighted by Gasteiger charge is 2.19. The van der Waals surface area contributed by atoms with Crippen molar-refractivity contribution in [2.75, 3.05) is 11.1 Å². The minimum absolute atomic E-state index is 0.00460. The lowest BCUT2D eigenvalue weighted by molar-refractivity contribution is 0.234. The molecule has 0 aromatic carbocycles. The Morgan fingerprint density at radius 1 is 1.24 bits per heavy atom. The second-order valence-corrected chi connectivity index (χ2v) is 5.21. The number of nitrogens with two attached hydrogens (primary N) is 1. The van der Waals surface area contributed by atoms with E-state index >= 15 is 0 Å². The fourth-order valence-corrected chi connectivity index (χ4v) is 2.20. The predicted octanol–water partition coefficient (Wildman–Crippen LogP) is 2.62. The van der Waals surface area contributed by atoms with Crippen molar-refractivity contribution in [2.45, 2.75) is 46.8 Å². The van der Waals surface area contributed by atoms with E-state index in [4.69, 9.17) is 15.0 Å². The zero-order valence-electron chi connectivity index (χ0n) is 13.0. The largest absolute Gasteiger partial charge is 0.473 e. The van der Waals surface area contributed by atoms with Crippen LogP contribution in [0.4, 0.5) is 11.5 Å². The molecule has 0 saturated carbocycles. The molecule has 0 aliphatic carbocycles. The highest BCUT2D eigenvalue weighted by Crippen LogP contribution is 2.30. The number of aryl methyl sites for hydroxylation is 2. The fraction of sp³-hybridized carbons (Fsp3) is 0.500. The van der Waals surface area contributed by atoms with Gasteiger partial charge in [-0.2, -0.15) is 4.98 Å². The van der Waals surface area contributed by atoms with E-state index in [-0.39, 0.29) is 12.1 Å². The Balaban J connectivity index is 2.24. The first-order valence-corrected chi connectivity index (χ1v) is 6.86. The third-order valence-corrected chi connectivity index (χ3v) is 3.07. The summed E-state index contributed by atoms with van der Waals surface area (Å²) in [5, 5.41) is 7.21. The van der Waals surface area contributed by atoms with Gasteiger partial charge < -0.3 is 20.3 Å². The van der Waals surface area contributed by atoms with Gasteiger partial charge in [0, 0.05) is 5.56 Å². The van der Waals surface area contributed by atoms with Crippen LogP contribution >= 0.6 is 0 Å². The molecule has 0 aliphatic heterocycles. The minimum atomic E-state index is -0.0413. The summed E-state index contributed by atoms with van der Waals surface area (Å²) >= 11 is 0. The van der Waals surface area contributed by atoms with Crippen LogP contribution in [0.3, 0.4) is 0 Å². The number of hydrogen-bond acceptors (Lipinski definition) is 7. The second kappa shape index (κ2) is 5.99. The van der Waals surface area contributed by atoms with E-state index in [1.807, 2.05) is 34.6 Å². The number of aromatic nitrogens is 3. The third kappa shape index (κ3) is 3.24. The van der Waals surface area contributed by atoms with Gasteiger partial charge in [-0.15, -0.1) is 0 Å². The van der Waals surface area contributed by atoms with E-state index < -0.39 is 0 Å². The maximum absolute atomic E-state index is 6.06. The summed E-state index contributed by atoms with van der Waals surface area (Å²) in [5.41, 5.74) is 8.30. The molecule has 1 unspecified atom stereocenters. The van der Waals surface area contributed by atoms with E-state index in [0.717, 1.165) is 17.0 Å². The fourth-order valence-electron chi connectivity index (χ4n) is 2.20. The number of hydrogen-bond donors (Lipinski definition) is 2. The predicted molar refractivity (Wildman–Crippen MR) is 80.2 cm³/mol. The van der Waals surface area contributed by atoms with Crippen LogP contribution in [0.25, 0.3) is 0 Å². The Labute approximate surface area is 123 Å². The standard InChI is InChI=1S/C14H21N5O2/c1-7(2)20-14-12(15)13(16-6-17-14)18-8(3)11-9(4)19-21-10(11)5/h6-8H,15H2,1-5H3,(H,16,17,18). The van der Waals surface area contributed by atoms with Crippen LogP contribution in [0.5, 0.6) is 5.88 Å². The summed E-state index contributed by atoms with van der Waals surface area (Å²) in [6.45, 7) is 9.62. The Morgan fingerprint density at radius 2 is 1.95 bits per heavy atom. The second-order valence-electron chi connectivity index (χ2n) is 5.21. The molecule has 0 amide bonds. The molecule has 7 heteroatoms. The maximum Gasteiger partial charge on any atom is 0.242 e. The Bertz CT molecular complexity index is 604. The van der Waals surface area contributed by atoms with Crippen LogP contribution in [0, 0.1) is 13.8 Å². The van der Waals surface area contributed by atoms with Crippen LogP contribution in [0.15, 0.2) is 10.9 Å². The molecule has 7 nitrogen and oxygen atoms in total. The summed E-state index contributed by atoms with van der Waals surface area (Å²) in [6, 6.07) is -0.0413. The van der Waals surface area contributed by atoms with Gasteiger partial charge >= 0.3 is 0 Å². The van der Waals surface area contributed by atoms with Crippen molar-refractivity contribution in [2.24, 2.45) is 0 Å². The van der Waals surface area contributed by atoms with E-state index in [1.54, 1.807) is 0 Å². The van der Waals surface area contributed by atoms with Crippen LogP contribution in [-0.4, -0.2) is 21.2 Å². The first-order chi connectivity index (χ1) is 9.90. The Kier molecular flexibility index (Phi) is 4.30. The van der Waals surface area contributed by atoms with E-state index in [1.165, 1.54) is 6.33 Å². The molecule has 114 valence electrons. The summed E-state index contributed by atoms with van der Waals surface area (Å²) in [5.74, 6) is 1.69. The van der Waals surface area contributed by atoms with Crippen molar-refractivity contribution >= 4 is 11.5 Å². The van der Waals surface area contributed by atoms with Crippen molar-refractivity contribution in [3.63, 3.8) is 0 Å². The highest BCUT2D eigenvalue weighted by molar-refractivity contribution is 5.67. The minimum Gasteiger partial charge on any atom is -0.473 e. The molecule has 0 fully saturated rings. The molecule has 0 aliphatic rings. The topological polar surface area (TPSA) is 99.1 Å². The van der Waals surface area contributed by atoms with Crippen LogP contribution in [0.2, 0.25) is 0 Å². The zero-order valence-corrected chi connectivity index (χ0v) is 13.0. The summed E-state index contributed by atoms with van der Waals surface area (Å²) in [7, 11) is 0. The first kappa shape index (κ1) is 15.1. The molecule has 2 aromatic heterocycles. The molecule has 0 saturated heterocycles. The SMILES string of the molecule is Cc1noc(C)c1C(C)Nc1ncnc(OC(C)C)c1N. The lowest BCUT2D eigenvalue weighted by Crippen LogP contribution is -2.14. The lowest BCUT2D eigenvalue weighted by atomic mass is 10.1. The van der Waals surface area contributed by atoms with E-state index in [2.05, 4.69) is 20.4 Å². The zero-order chi connectivity index (χ0) is 15.6. The molecule has 0 spiro atoms. The van der Waals surface area contributed by atoms with Crippen molar-refractivity contribution in [3.8, 4) is 5.88 Å². The van der Waals surface area contributed by atoms with Crippen molar-refractivity contribution in [1.82, 2.24) is 15.1 Å². The molecule has 0 radical (unpaired) electrons. The number of nitrogens with zero attached hydrogens (tertiary/aromatic N) is 3. The van der Waals surface area contributed by atoms with Gasteiger partial charge in [-0.3, -0.25) is 0 Å². The number of rotatable bonds is 5. The first-order valence-electron chi connectivity index (χ1n) is 6.86. The lowest BCUT2D eigenvalue weighted by Gasteiger charge is -2.17. The van der Waals surface area contributed by atoms with Gasteiger partial charge in [0.25, 0.3) is 0 Å². The number of nitrogens with one attached hydrogen (secondary N) is 1. The summed E-state index contributed by atoms with van der Waals surface area (Å²) < 4.78 is 10.7. The average Bonchev–Trinajstić information content (AvgIpc) is 2.73. The molecule has 0 bridgehead atoms. The number of anilines is 2. The molecular weight excluding hydrogens is 270 g/mol. The molecule has 2 aromatic rings. The summed E-state index contributed by atoms with van der Waals surface area (Å²) in [4.78, 5) is 8.23. The molecule has 21 heavy (non-hydrogen) atoms. The van der Waals surface area contributed by atoms with Crippen LogP contribution < -0.4 is 15.8 Å². The van der Waals surface area contributed by atoms with Gasteiger partial charge in [-0.1, -0.05) is 5.16 Å². The Morgan fingerprint density at radius 3 is 2.52 bits per heavy atom. The molecule has 2 heterocycles.